The van der Waals surface area contributed by atoms with Gasteiger partial charge in [0.2, 0.25) is 5.91 Å². The monoisotopic (exact) mass is 255 g/mol. The molecule has 0 aromatic carbocycles. The molecule has 1 aliphatic rings. The van der Waals surface area contributed by atoms with Crippen molar-refractivity contribution in [1.82, 2.24) is 5.32 Å². The van der Waals surface area contributed by atoms with Gasteiger partial charge in [0.05, 0.1) is 0 Å². The van der Waals surface area contributed by atoms with Gasteiger partial charge in [-0.1, -0.05) is 27.2 Å². The third kappa shape index (κ3) is 4.60. The Kier molecular flexibility index (Phi) is 6.69. The summed E-state index contributed by atoms with van der Waals surface area (Å²) in [6, 6.07) is 0.332. The Hall–Kier alpha value is -0.570. The van der Waals surface area contributed by atoms with E-state index in [0.29, 0.717) is 24.5 Å². The molecule has 0 aromatic rings. The maximum absolute atomic E-state index is 12.2. The van der Waals surface area contributed by atoms with Gasteiger partial charge >= 0.3 is 0 Å². The highest BCUT2D eigenvalue weighted by molar-refractivity contribution is 5.79. The van der Waals surface area contributed by atoms with Crippen molar-refractivity contribution < 1.29 is 9.90 Å². The maximum atomic E-state index is 12.2. The van der Waals surface area contributed by atoms with E-state index in [2.05, 4.69) is 26.1 Å². The fourth-order valence-electron chi connectivity index (χ4n) is 2.88. The first-order valence-corrected chi connectivity index (χ1v) is 7.49. The number of rotatable bonds is 6. The first kappa shape index (κ1) is 15.5. The van der Waals surface area contributed by atoms with E-state index in [1.165, 1.54) is 0 Å². The van der Waals surface area contributed by atoms with Gasteiger partial charge in [0.1, 0.15) is 0 Å². The molecule has 3 heteroatoms. The van der Waals surface area contributed by atoms with Crippen LogP contribution in [0.2, 0.25) is 0 Å². The van der Waals surface area contributed by atoms with Gasteiger partial charge in [0, 0.05) is 18.6 Å². The SMILES string of the molecule is CCCC(C(=O)NC1CCC(CO)CC1)C(C)C. The summed E-state index contributed by atoms with van der Waals surface area (Å²) in [6.45, 7) is 6.69. The zero-order chi connectivity index (χ0) is 13.5. The Morgan fingerprint density at radius 2 is 1.89 bits per heavy atom. The second kappa shape index (κ2) is 7.78. The van der Waals surface area contributed by atoms with Gasteiger partial charge in [0.25, 0.3) is 0 Å². The summed E-state index contributed by atoms with van der Waals surface area (Å²) in [4.78, 5) is 12.2. The molecule has 0 aliphatic heterocycles. The highest BCUT2D eigenvalue weighted by Gasteiger charge is 2.26. The molecule has 0 bridgehead atoms. The third-order valence-electron chi connectivity index (χ3n) is 4.19. The Labute approximate surface area is 111 Å². The van der Waals surface area contributed by atoms with Gasteiger partial charge in [-0.3, -0.25) is 4.79 Å². The van der Waals surface area contributed by atoms with Crippen LogP contribution in [0.15, 0.2) is 0 Å². The van der Waals surface area contributed by atoms with Crippen LogP contribution in [0.3, 0.4) is 0 Å². The average molecular weight is 255 g/mol. The zero-order valence-corrected chi connectivity index (χ0v) is 12.1. The van der Waals surface area contributed by atoms with Gasteiger partial charge < -0.3 is 10.4 Å². The molecule has 1 fully saturated rings. The standard InChI is InChI=1S/C15H29NO2/c1-4-5-14(11(2)3)15(18)16-13-8-6-12(10-17)7-9-13/h11-14,17H,4-10H2,1-3H3,(H,16,18). The molecule has 0 heterocycles. The fraction of sp³-hybridized carbons (Fsp3) is 0.933. The van der Waals surface area contributed by atoms with Crippen molar-refractivity contribution in [1.29, 1.82) is 0 Å². The minimum atomic E-state index is 0.158. The van der Waals surface area contributed by atoms with E-state index >= 15 is 0 Å². The predicted molar refractivity (Wildman–Crippen MR) is 74.2 cm³/mol. The van der Waals surface area contributed by atoms with Crippen molar-refractivity contribution in [2.45, 2.75) is 65.3 Å². The van der Waals surface area contributed by atoms with E-state index in [1.54, 1.807) is 0 Å². The molecule has 0 spiro atoms. The maximum Gasteiger partial charge on any atom is 0.223 e. The molecule has 2 N–H and O–H groups in total. The predicted octanol–water partition coefficient (Wildman–Crippen LogP) is 2.73. The van der Waals surface area contributed by atoms with Gasteiger partial charge in [-0.05, 0) is 43.9 Å². The Morgan fingerprint density at radius 3 is 2.33 bits per heavy atom. The number of aliphatic hydroxyl groups is 1. The van der Waals surface area contributed by atoms with Crippen LogP contribution in [0, 0.1) is 17.8 Å². The van der Waals surface area contributed by atoms with Crippen LogP contribution in [0.4, 0.5) is 0 Å². The van der Waals surface area contributed by atoms with Gasteiger partial charge in [0.15, 0.2) is 0 Å². The first-order valence-electron chi connectivity index (χ1n) is 7.49. The molecular formula is C15H29NO2. The largest absolute Gasteiger partial charge is 0.396 e. The quantitative estimate of drug-likeness (QED) is 0.766. The second-order valence-corrected chi connectivity index (χ2v) is 6.05. The molecule has 1 unspecified atom stereocenters. The van der Waals surface area contributed by atoms with E-state index in [1.807, 2.05) is 0 Å². The summed E-state index contributed by atoms with van der Waals surface area (Å²) in [5, 5.41) is 12.3. The molecule has 0 radical (unpaired) electrons. The van der Waals surface area contributed by atoms with Crippen LogP contribution < -0.4 is 5.32 Å². The lowest BCUT2D eigenvalue weighted by Crippen LogP contribution is -2.42. The van der Waals surface area contributed by atoms with Crippen molar-refractivity contribution >= 4 is 5.91 Å². The van der Waals surface area contributed by atoms with Gasteiger partial charge in [-0.25, -0.2) is 0 Å². The molecule has 106 valence electrons. The fourth-order valence-corrected chi connectivity index (χ4v) is 2.88. The van der Waals surface area contributed by atoms with Crippen molar-refractivity contribution in [3.8, 4) is 0 Å². The normalized spacial score (nSPS) is 26.1. The zero-order valence-electron chi connectivity index (χ0n) is 12.1. The van der Waals surface area contributed by atoms with E-state index in [0.717, 1.165) is 38.5 Å². The topological polar surface area (TPSA) is 49.3 Å². The Bertz CT molecular complexity index is 245. The summed E-state index contributed by atoms with van der Waals surface area (Å²) in [6.07, 6.45) is 6.17. The minimum Gasteiger partial charge on any atom is -0.396 e. The van der Waals surface area contributed by atoms with Crippen LogP contribution in [0.25, 0.3) is 0 Å². The number of aliphatic hydroxyl groups excluding tert-OH is 1. The Morgan fingerprint density at radius 1 is 1.28 bits per heavy atom. The van der Waals surface area contributed by atoms with Crippen LogP contribution >= 0.6 is 0 Å². The molecular weight excluding hydrogens is 226 g/mol. The number of amides is 1. The first-order chi connectivity index (χ1) is 8.58. The summed E-state index contributed by atoms with van der Waals surface area (Å²) in [7, 11) is 0. The lowest BCUT2D eigenvalue weighted by molar-refractivity contribution is -0.127. The van der Waals surface area contributed by atoms with Crippen LogP contribution in [-0.2, 0) is 4.79 Å². The number of hydrogen-bond donors (Lipinski definition) is 2. The van der Waals surface area contributed by atoms with E-state index in [9.17, 15) is 4.79 Å². The summed E-state index contributed by atoms with van der Waals surface area (Å²) in [5.74, 6) is 1.26. The van der Waals surface area contributed by atoms with E-state index in [4.69, 9.17) is 5.11 Å². The molecule has 3 nitrogen and oxygen atoms in total. The molecule has 1 amide bonds. The smallest absolute Gasteiger partial charge is 0.223 e. The number of nitrogens with one attached hydrogen (secondary N) is 1. The number of carbonyl (C=O) groups is 1. The summed E-state index contributed by atoms with van der Waals surface area (Å²) < 4.78 is 0. The molecule has 1 atom stereocenters. The lowest BCUT2D eigenvalue weighted by atomic mass is 9.85. The average Bonchev–Trinajstić information content (AvgIpc) is 2.36. The van der Waals surface area contributed by atoms with Crippen LogP contribution in [-0.4, -0.2) is 23.7 Å². The molecule has 0 aromatic heterocycles. The lowest BCUT2D eigenvalue weighted by Gasteiger charge is -2.30. The second-order valence-electron chi connectivity index (χ2n) is 6.05. The molecule has 0 saturated heterocycles. The number of hydrogen-bond acceptors (Lipinski definition) is 2. The van der Waals surface area contributed by atoms with Crippen molar-refractivity contribution in [3.63, 3.8) is 0 Å². The molecule has 1 saturated carbocycles. The third-order valence-corrected chi connectivity index (χ3v) is 4.19. The van der Waals surface area contributed by atoms with E-state index < -0.39 is 0 Å². The van der Waals surface area contributed by atoms with Gasteiger partial charge in [-0.15, -0.1) is 0 Å². The number of carbonyl (C=O) groups excluding carboxylic acids is 1. The highest BCUT2D eigenvalue weighted by Crippen LogP contribution is 2.25. The Balaban J connectivity index is 2.39. The van der Waals surface area contributed by atoms with Crippen molar-refractivity contribution in [2.75, 3.05) is 6.61 Å². The van der Waals surface area contributed by atoms with Crippen LogP contribution in [0.5, 0.6) is 0 Å². The summed E-state index contributed by atoms with van der Waals surface area (Å²) >= 11 is 0. The van der Waals surface area contributed by atoms with Crippen LogP contribution in [0.1, 0.15) is 59.3 Å². The van der Waals surface area contributed by atoms with Crippen molar-refractivity contribution in [2.24, 2.45) is 17.8 Å². The van der Waals surface area contributed by atoms with Crippen molar-refractivity contribution in [3.05, 3.63) is 0 Å². The van der Waals surface area contributed by atoms with E-state index in [-0.39, 0.29) is 11.8 Å². The highest BCUT2D eigenvalue weighted by atomic mass is 16.3. The van der Waals surface area contributed by atoms with Gasteiger partial charge in [-0.2, -0.15) is 0 Å². The molecule has 18 heavy (non-hydrogen) atoms. The summed E-state index contributed by atoms with van der Waals surface area (Å²) in [5.41, 5.74) is 0. The minimum absolute atomic E-state index is 0.158. The molecule has 1 aliphatic carbocycles. The molecule has 1 rings (SSSR count).